The molecule has 1 aliphatic carbocycles. The first-order valence-corrected chi connectivity index (χ1v) is 8.25. The minimum atomic E-state index is -0.850. The lowest BCUT2D eigenvalue weighted by Gasteiger charge is -2.12. The van der Waals surface area contributed by atoms with E-state index in [4.69, 9.17) is 5.11 Å². The lowest BCUT2D eigenvalue weighted by molar-refractivity contribution is -0.138. The Morgan fingerprint density at radius 3 is 2.56 bits per heavy atom. The van der Waals surface area contributed by atoms with E-state index in [1.807, 2.05) is 6.07 Å². The maximum Gasteiger partial charge on any atom is 0.303 e. The van der Waals surface area contributed by atoms with E-state index in [1.54, 1.807) is 23.0 Å². The van der Waals surface area contributed by atoms with Gasteiger partial charge in [0.05, 0.1) is 17.8 Å². The van der Waals surface area contributed by atoms with Crippen LogP contribution in [0.3, 0.4) is 0 Å². The molecule has 25 heavy (non-hydrogen) atoms. The van der Waals surface area contributed by atoms with Crippen LogP contribution in [-0.4, -0.2) is 33.3 Å². The number of carbonyl (C=O) groups excluding carboxylic acids is 1. The Labute approximate surface area is 144 Å². The van der Waals surface area contributed by atoms with Crippen LogP contribution in [0, 0.1) is 11.2 Å². The molecule has 6 nitrogen and oxygen atoms in total. The van der Waals surface area contributed by atoms with Gasteiger partial charge in [0.2, 0.25) is 5.91 Å². The lowest BCUT2D eigenvalue weighted by atomic mass is 9.98. The highest BCUT2D eigenvalue weighted by Gasteiger charge is 2.45. The number of amides is 1. The number of benzene rings is 1. The van der Waals surface area contributed by atoms with E-state index in [0.29, 0.717) is 13.0 Å². The Morgan fingerprint density at radius 2 is 1.92 bits per heavy atom. The van der Waals surface area contributed by atoms with E-state index in [9.17, 15) is 14.0 Å². The summed E-state index contributed by atoms with van der Waals surface area (Å²) in [5.74, 6) is -1.26. The van der Waals surface area contributed by atoms with Crippen LogP contribution in [0.4, 0.5) is 4.39 Å². The molecule has 2 aromatic rings. The van der Waals surface area contributed by atoms with Crippen LogP contribution in [-0.2, 0) is 16.0 Å². The van der Waals surface area contributed by atoms with Crippen LogP contribution in [0.25, 0.3) is 5.69 Å². The molecule has 0 saturated heterocycles. The third kappa shape index (κ3) is 4.65. The van der Waals surface area contributed by atoms with Gasteiger partial charge in [0.25, 0.3) is 0 Å². The Balaban J connectivity index is 1.46. The molecule has 2 N–H and O–H groups in total. The van der Waals surface area contributed by atoms with Gasteiger partial charge in [-0.3, -0.25) is 9.59 Å². The van der Waals surface area contributed by atoms with Gasteiger partial charge in [0.1, 0.15) is 5.82 Å². The molecule has 0 bridgehead atoms. The summed E-state index contributed by atoms with van der Waals surface area (Å²) in [5, 5.41) is 16.1. The summed E-state index contributed by atoms with van der Waals surface area (Å²) in [6.07, 6.45) is 4.29. The van der Waals surface area contributed by atoms with Crippen molar-refractivity contribution in [1.29, 1.82) is 0 Å². The quantitative estimate of drug-likeness (QED) is 0.769. The van der Waals surface area contributed by atoms with Crippen LogP contribution in [0.1, 0.15) is 31.4 Å². The fourth-order valence-electron chi connectivity index (χ4n) is 2.88. The Morgan fingerprint density at radius 1 is 1.20 bits per heavy atom. The second-order valence-corrected chi connectivity index (χ2v) is 6.58. The Bertz CT molecular complexity index is 766. The summed E-state index contributed by atoms with van der Waals surface area (Å²) >= 11 is 0. The monoisotopic (exact) mass is 345 g/mol. The van der Waals surface area contributed by atoms with Crippen molar-refractivity contribution in [2.24, 2.45) is 5.41 Å². The normalized spacial score (nSPS) is 14.9. The maximum absolute atomic E-state index is 12.9. The number of carboxylic acid groups (broad SMARTS) is 1. The third-order valence-corrected chi connectivity index (χ3v) is 4.46. The Hall–Kier alpha value is -2.70. The first-order chi connectivity index (χ1) is 12.0. The number of rotatable bonds is 8. The topological polar surface area (TPSA) is 84.2 Å². The molecule has 0 atom stereocenters. The van der Waals surface area contributed by atoms with Crippen LogP contribution in [0.15, 0.2) is 36.5 Å². The summed E-state index contributed by atoms with van der Waals surface area (Å²) in [6.45, 7) is 0.447. The molecule has 7 heteroatoms. The van der Waals surface area contributed by atoms with Crippen molar-refractivity contribution >= 4 is 11.9 Å². The molecule has 1 aromatic heterocycles. The largest absolute Gasteiger partial charge is 0.481 e. The number of nitrogens with zero attached hydrogens (tertiary/aromatic N) is 2. The molecule has 1 fully saturated rings. The number of hydrogen-bond donors (Lipinski definition) is 2. The van der Waals surface area contributed by atoms with Crippen molar-refractivity contribution in [2.45, 2.75) is 32.1 Å². The van der Waals surface area contributed by atoms with Crippen molar-refractivity contribution < 1.29 is 19.1 Å². The molecule has 1 aliphatic rings. The summed E-state index contributed by atoms with van der Waals surface area (Å²) in [7, 11) is 0. The minimum Gasteiger partial charge on any atom is -0.481 e. The van der Waals surface area contributed by atoms with E-state index >= 15 is 0 Å². The lowest BCUT2D eigenvalue weighted by Crippen LogP contribution is -2.28. The molecular weight excluding hydrogens is 325 g/mol. The van der Waals surface area contributed by atoms with E-state index in [0.717, 1.165) is 24.2 Å². The van der Waals surface area contributed by atoms with E-state index in [1.165, 1.54) is 12.1 Å². The second kappa shape index (κ2) is 7.04. The van der Waals surface area contributed by atoms with Crippen molar-refractivity contribution in [3.63, 3.8) is 0 Å². The van der Waals surface area contributed by atoms with Crippen LogP contribution in [0.5, 0.6) is 0 Å². The number of nitrogens with one attached hydrogen (secondary N) is 1. The summed E-state index contributed by atoms with van der Waals surface area (Å²) in [5.41, 5.74) is 1.25. The summed E-state index contributed by atoms with van der Waals surface area (Å²) < 4.78 is 14.6. The molecular formula is C18H20FN3O3. The first kappa shape index (κ1) is 17.1. The van der Waals surface area contributed by atoms with Gasteiger partial charge in [-0.1, -0.05) is 0 Å². The van der Waals surface area contributed by atoms with Gasteiger partial charge in [-0.15, -0.1) is 0 Å². The highest BCUT2D eigenvalue weighted by Crippen LogP contribution is 2.51. The SMILES string of the molecule is O=C(O)CC1(CC(=O)NCCc2ccn(-c3ccc(F)cc3)n2)CC1. The smallest absolute Gasteiger partial charge is 0.303 e. The van der Waals surface area contributed by atoms with Gasteiger partial charge in [-0.25, -0.2) is 9.07 Å². The van der Waals surface area contributed by atoms with Crippen molar-refractivity contribution in [3.8, 4) is 5.69 Å². The van der Waals surface area contributed by atoms with E-state index in [-0.39, 0.29) is 30.0 Å². The zero-order chi connectivity index (χ0) is 17.9. The molecule has 0 radical (unpaired) electrons. The molecule has 132 valence electrons. The molecule has 1 amide bonds. The number of carbonyl (C=O) groups is 2. The second-order valence-electron chi connectivity index (χ2n) is 6.58. The van der Waals surface area contributed by atoms with Crippen molar-refractivity contribution in [1.82, 2.24) is 15.1 Å². The molecule has 1 heterocycles. The number of aromatic nitrogens is 2. The van der Waals surface area contributed by atoms with Gasteiger partial charge < -0.3 is 10.4 Å². The number of aliphatic carboxylic acids is 1. The molecule has 0 spiro atoms. The van der Waals surface area contributed by atoms with Crippen LogP contribution >= 0.6 is 0 Å². The number of hydrogen-bond acceptors (Lipinski definition) is 3. The minimum absolute atomic E-state index is 0.0580. The summed E-state index contributed by atoms with van der Waals surface area (Å²) in [4.78, 5) is 22.8. The molecule has 0 aliphatic heterocycles. The van der Waals surface area contributed by atoms with Crippen molar-refractivity contribution in [2.75, 3.05) is 6.54 Å². The van der Waals surface area contributed by atoms with Crippen LogP contribution in [0.2, 0.25) is 0 Å². The van der Waals surface area contributed by atoms with Gasteiger partial charge in [-0.2, -0.15) is 5.10 Å². The van der Waals surface area contributed by atoms with Crippen LogP contribution < -0.4 is 5.32 Å². The predicted octanol–water partition coefficient (Wildman–Crippen LogP) is 2.32. The van der Waals surface area contributed by atoms with Gasteiger partial charge in [0, 0.05) is 25.6 Å². The maximum atomic E-state index is 12.9. The number of carboxylic acids is 1. The fraction of sp³-hybridized carbons (Fsp3) is 0.389. The predicted molar refractivity (Wildman–Crippen MR) is 88.8 cm³/mol. The van der Waals surface area contributed by atoms with E-state index in [2.05, 4.69) is 10.4 Å². The first-order valence-electron chi connectivity index (χ1n) is 8.25. The molecule has 0 unspecified atom stereocenters. The van der Waals surface area contributed by atoms with E-state index < -0.39 is 5.97 Å². The van der Waals surface area contributed by atoms with Crippen molar-refractivity contribution in [3.05, 3.63) is 48.0 Å². The third-order valence-electron chi connectivity index (χ3n) is 4.46. The average Bonchev–Trinajstić information content (AvgIpc) is 3.11. The number of halogens is 1. The zero-order valence-corrected chi connectivity index (χ0v) is 13.7. The highest BCUT2D eigenvalue weighted by molar-refractivity contribution is 5.78. The fourth-order valence-corrected chi connectivity index (χ4v) is 2.88. The molecule has 3 rings (SSSR count). The zero-order valence-electron chi connectivity index (χ0n) is 13.7. The van der Waals surface area contributed by atoms with Gasteiger partial charge >= 0.3 is 5.97 Å². The molecule has 1 aromatic carbocycles. The standard InChI is InChI=1S/C18H20FN3O3/c19-13-1-3-15(4-2-13)22-10-6-14(21-22)5-9-20-16(23)11-18(7-8-18)12-17(24)25/h1-4,6,10H,5,7-9,11-12H2,(H,20,23)(H,24,25). The van der Waals surface area contributed by atoms with Gasteiger partial charge in [0.15, 0.2) is 0 Å². The summed E-state index contributed by atoms with van der Waals surface area (Å²) in [6, 6.07) is 7.89. The highest BCUT2D eigenvalue weighted by atomic mass is 19.1. The van der Waals surface area contributed by atoms with Gasteiger partial charge in [-0.05, 0) is 48.6 Å². The molecule has 1 saturated carbocycles. The average molecular weight is 345 g/mol. The Kier molecular flexibility index (Phi) is 4.83.